The number of rotatable bonds is 8. The lowest BCUT2D eigenvalue weighted by Gasteiger charge is -2.21. The van der Waals surface area contributed by atoms with Gasteiger partial charge in [-0.05, 0) is 37.9 Å². The molecule has 0 heterocycles. The second-order valence-electron chi connectivity index (χ2n) is 5.30. The Hall–Kier alpha value is -0.310. The molecule has 0 saturated heterocycles. The Morgan fingerprint density at radius 3 is 2.55 bits per heavy atom. The SMILES string of the molecule is CCCCC(CC)CNC(C)c1c(Cl)ccc(F)c1Cl. The van der Waals surface area contributed by atoms with Crippen LogP contribution in [-0.4, -0.2) is 6.54 Å². The van der Waals surface area contributed by atoms with Crippen molar-refractivity contribution < 1.29 is 4.39 Å². The van der Waals surface area contributed by atoms with Crippen LogP contribution in [0.15, 0.2) is 12.1 Å². The van der Waals surface area contributed by atoms with E-state index in [0.717, 1.165) is 13.0 Å². The zero-order valence-electron chi connectivity index (χ0n) is 12.5. The van der Waals surface area contributed by atoms with Crippen molar-refractivity contribution in [1.82, 2.24) is 5.32 Å². The van der Waals surface area contributed by atoms with Gasteiger partial charge in [0.15, 0.2) is 0 Å². The Labute approximate surface area is 131 Å². The average molecular weight is 320 g/mol. The van der Waals surface area contributed by atoms with Gasteiger partial charge < -0.3 is 5.32 Å². The zero-order chi connectivity index (χ0) is 15.1. The maximum absolute atomic E-state index is 13.5. The van der Waals surface area contributed by atoms with E-state index in [4.69, 9.17) is 23.2 Å². The topological polar surface area (TPSA) is 12.0 Å². The van der Waals surface area contributed by atoms with Crippen LogP contribution in [0.2, 0.25) is 10.0 Å². The van der Waals surface area contributed by atoms with Crippen LogP contribution in [0.3, 0.4) is 0 Å². The molecule has 0 aliphatic heterocycles. The van der Waals surface area contributed by atoms with Crippen LogP contribution < -0.4 is 5.32 Å². The molecule has 1 aromatic carbocycles. The fraction of sp³-hybridized carbons (Fsp3) is 0.625. The van der Waals surface area contributed by atoms with E-state index in [2.05, 4.69) is 19.2 Å². The Morgan fingerprint density at radius 2 is 1.95 bits per heavy atom. The number of halogens is 3. The molecule has 0 radical (unpaired) electrons. The Kier molecular flexibility index (Phi) is 7.86. The minimum atomic E-state index is -0.419. The van der Waals surface area contributed by atoms with Gasteiger partial charge in [0.1, 0.15) is 5.82 Å². The van der Waals surface area contributed by atoms with Crippen LogP contribution in [-0.2, 0) is 0 Å². The van der Waals surface area contributed by atoms with E-state index in [0.29, 0.717) is 16.5 Å². The van der Waals surface area contributed by atoms with Crippen LogP contribution in [0.4, 0.5) is 4.39 Å². The molecule has 1 nitrogen and oxygen atoms in total. The summed E-state index contributed by atoms with van der Waals surface area (Å²) in [5.41, 5.74) is 0.652. The maximum atomic E-state index is 13.5. The molecular formula is C16H24Cl2FN. The molecule has 0 saturated carbocycles. The third-order valence-corrected chi connectivity index (χ3v) is 4.48. The van der Waals surface area contributed by atoms with Gasteiger partial charge in [-0.1, -0.05) is 56.3 Å². The van der Waals surface area contributed by atoms with E-state index in [1.54, 1.807) is 6.07 Å². The van der Waals surface area contributed by atoms with Gasteiger partial charge in [0.05, 0.1) is 5.02 Å². The molecule has 1 N–H and O–H groups in total. The highest BCUT2D eigenvalue weighted by molar-refractivity contribution is 6.36. The predicted octanol–water partition coefficient (Wildman–Crippen LogP) is 6.00. The minimum Gasteiger partial charge on any atom is -0.310 e. The monoisotopic (exact) mass is 319 g/mol. The zero-order valence-corrected chi connectivity index (χ0v) is 14.0. The molecule has 1 rings (SSSR count). The number of hydrogen-bond acceptors (Lipinski definition) is 1. The maximum Gasteiger partial charge on any atom is 0.142 e. The third-order valence-electron chi connectivity index (χ3n) is 3.77. The van der Waals surface area contributed by atoms with Gasteiger partial charge in [0.25, 0.3) is 0 Å². The molecule has 114 valence electrons. The molecule has 20 heavy (non-hydrogen) atoms. The fourth-order valence-corrected chi connectivity index (χ4v) is 3.03. The molecule has 0 fully saturated rings. The number of unbranched alkanes of at least 4 members (excludes halogenated alkanes) is 1. The van der Waals surface area contributed by atoms with Gasteiger partial charge in [-0.3, -0.25) is 0 Å². The van der Waals surface area contributed by atoms with Crippen molar-refractivity contribution in [1.29, 1.82) is 0 Å². The summed E-state index contributed by atoms with van der Waals surface area (Å²) in [5.74, 6) is 0.223. The van der Waals surface area contributed by atoms with Crippen molar-refractivity contribution in [2.45, 2.75) is 52.5 Å². The summed E-state index contributed by atoms with van der Waals surface area (Å²) < 4.78 is 13.5. The number of benzene rings is 1. The van der Waals surface area contributed by atoms with Gasteiger partial charge in [-0.2, -0.15) is 0 Å². The fourth-order valence-electron chi connectivity index (χ4n) is 2.33. The lowest BCUT2D eigenvalue weighted by Crippen LogP contribution is -2.26. The first kappa shape index (κ1) is 17.7. The summed E-state index contributed by atoms with van der Waals surface area (Å²) in [7, 11) is 0. The highest BCUT2D eigenvalue weighted by Crippen LogP contribution is 2.32. The summed E-state index contributed by atoms with van der Waals surface area (Å²) in [6.45, 7) is 7.28. The minimum absolute atomic E-state index is 0.0543. The molecule has 0 amide bonds. The summed E-state index contributed by atoms with van der Waals surface area (Å²) >= 11 is 12.2. The molecule has 0 aliphatic carbocycles. The van der Waals surface area contributed by atoms with Crippen molar-refractivity contribution in [3.63, 3.8) is 0 Å². The molecule has 2 unspecified atom stereocenters. The first-order chi connectivity index (χ1) is 9.51. The third kappa shape index (κ3) is 4.91. The summed E-state index contributed by atoms with van der Waals surface area (Å²) in [5, 5.41) is 4.07. The molecule has 4 heteroatoms. The number of nitrogens with one attached hydrogen (secondary N) is 1. The molecular weight excluding hydrogens is 296 g/mol. The lowest BCUT2D eigenvalue weighted by atomic mass is 9.98. The van der Waals surface area contributed by atoms with Crippen molar-refractivity contribution in [3.05, 3.63) is 33.6 Å². The Morgan fingerprint density at radius 1 is 1.25 bits per heavy atom. The predicted molar refractivity (Wildman–Crippen MR) is 86.1 cm³/mol. The van der Waals surface area contributed by atoms with Crippen molar-refractivity contribution >= 4 is 23.2 Å². The molecule has 2 atom stereocenters. The highest BCUT2D eigenvalue weighted by Gasteiger charge is 2.17. The molecule has 0 aromatic heterocycles. The van der Waals surface area contributed by atoms with E-state index < -0.39 is 5.82 Å². The quantitative estimate of drug-likeness (QED) is 0.579. The van der Waals surface area contributed by atoms with Crippen LogP contribution in [0, 0.1) is 11.7 Å². The van der Waals surface area contributed by atoms with Crippen molar-refractivity contribution in [3.8, 4) is 0 Å². The Bertz CT molecular complexity index is 423. The molecule has 0 bridgehead atoms. The van der Waals surface area contributed by atoms with E-state index in [1.165, 1.54) is 25.3 Å². The van der Waals surface area contributed by atoms with Gasteiger partial charge in [-0.25, -0.2) is 4.39 Å². The lowest BCUT2D eigenvalue weighted by molar-refractivity contribution is 0.398. The molecule has 0 aliphatic rings. The Balaban J connectivity index is 2.67. The second-order valence-corrected chi connectivity index (χ2v) is 6.09. The normalized spacial score (nSPS) is 14.3. The van der Waals surface area contributed by atoms with Crippen LogP contribution in [0.1, 0.15) is 58.1 Å². The standard InChI is InChI=1S/C16H24Cl2FN/c1-4-6-7-12(5-2)10-20-11(3)15-13(17)8-9-14(19)16(15)18/h8-9,11-12,20H,4-7,10H2,1-3H3. The first-order valence-electron chi connectivity index (χ1n) is 7.37. The summed E-state index contributed by atoms with van der Waals surface area (Å²) in [4.78, 5) is 0. The van der Waals surface area contributed by atoms with E-state index in [9.17, 15) is 4.39 Å². The second kappa shape index (κ2) is 8.86. The van der Waals surface area contributed by atoms with Gasteiger partial charge in [-0.15, -0.1) is 0 Å². The average Bonchev–Trinajstić information content (AvgIpc) is 2.43. The molecule has 1 aromatic rings. The van der Waals surface area contributed by atoms with Crippen molar-refractivity contribution in [2.75, 3.05) is 6.54 Å². The largest absolute Gasteiger partial charge is 0.310 e. The first-order valence-corrected chi connectivity index (χ1v) is 8.13. The van der Waals surface area contributed by atoms with E-state index in [-0.39, 0.29) is 11.1 Å². The van der Waals surface area contributed by atoms with Gasteiger partial charge in [0.2, 0.25) is 0 Å². The van der Waals surface area contributed by atoms with Crippen LogP contribution >= 0.6 is 23.2 Å². The summed E-state index contributed by atoms with van der Waals surface area (Å²) in [6.07, 6.45) is 4.82. The van der Waals surface area contributed by atoms with Gasteiger partial charge in [0, 0.05) is 16.6 Å². The van der Waals surface area contributed by atoms with Crippen LogP contribution in [0.5, 0.6) is 0 Å². The summed E-state index contributed by atoms with van der Waals surface area (Å²) in [6, 6.07) is 2.81. The van der Waals surface area contributed by atoms with E-state index in [1.807, 2.05) is 6.92 Å². The highest BCUT2D eigenvalue weighted by atomic mass is 35.5. The van der Waals surface area contributed by atoms with E-state index >= 15 is 0 Å². The smallest absolute Gasteiger partial charge is 0.142 e. The van der Waals surface area contributed by atoms with Gasteiger partial charge >= 0.3 is 0 Å². The number of hydrogen-bond donors (Lipinski definition) is 1. The van der Waals surface area contributed by atoms with Crippen molar-refractivity contribution in [2.24, 2.45) is 5.92 Å². The molecule has 0 spiro atoms. The van der Waals surface area contributed by atoms with Crippen LogP contribution in [0.25, 0.3) is 0 Å².